The number of nitriles is 1. The van der Waals surface area contributed by atoms with Crippen LogP contribution < -0.4 is 18.9 Å². The third-order valence-electron chi connectivity index (χ3n) is 5.26. The van der Waals surface area contributed by atoms with E-state index in [1.165, 1.54) is 11.3 Å². The molecule has 2 heterocycles. The van der Waals surface area contributed by atoms with Crippen LogP contribution in [-0.4, -0.2) is 18.9 Å². The molecule has 1 aromatic heterocycles. The van der Waals surface area contributed by atoms with E-state index >= 15 is 0 Å². The summed E-state index contributed by atoms with van der Waals surface area (Å²) in [7, 11) is 1.60. The van der Waals surface area contributed by atoms with E-state index in [0.717, 1.165) is 28.1 Å². The summed E-state index contributed by atoms with van der Waals surface area (Å²) in [6.45, 7) is 0.666. The predicted molar refractivity (Wildman–Crippen MR) is 131 cm³/mol. The minimum Gasteiger partial charge on any atom is -0.493 e. The third-order valence-corrected chi connectivity index (χ3v) is 6.13. The Bertz CT molecular complexity index is 1390. The molecule has 0 saturated carbocycles. The number of fused-ring (bicyclic) bond motifs is 1. The summed E-state index contributed by atoms with van der Waals surface area (Å²) in [5.41, 5.74) is 4.05. The van der Waals surface area contributed by atoms with Crippen molar-refractivity contribution < 1.29 is 18.9 Å². The molecule has 5 rings (SSSR count). The Balaban J connectivity index is 1.36. The first-order chi connectivity index (χ1) is 16.7. The van der Waals surface area contributed by atoms with Gasteiger partial charge >= 0.3 is 0 Å². The van der Waals surface area contributed by atoms with Gasteiger partial charge in [-0.1, -0.05) is 36.4 Å². The Labute approximate surface area is 201 Å². The van der Waals surface area contributed by atoms with E-state index in [-0.39, 0.29) is 6.79 Å². The zero-order valence-electron chi connectivity index (χ0n) is 18.4. The Morgan fingerprint density at radius 2 is 1.91 bits per heavy atom. The molecule has 0 amide bonds. The largest absolute Gasteiger partial charge is 0.493 e. The molecule has 34 heavy (non-hydrogen) atoms. The van der Waals surface area contributed by atoms with Crippen LogP contribution in [0.15, 0.2) is 72.1 Å². The second kappa shape index (κ2) is 9.69. The fourth-order valence-electron chi connectivity index (χ4n) is 3.52. The molecule has 1 aliphatic rings. The van der Waals surface area contributed by atoms with E-state index in [9.17, 15) is 5.26 Å². The molecule has 1 aliphatic heterocycles. The lowest BCUT2D eigenvalue weighted by molar-refractivity contribution is 0.174. The summed E-state index contributed by atoms with van der Waals surface area (Å²) in [6.07, 6.45) is 1.80. The van der Waals surface area contributed by atoms with Crippen molar-refractivity contribution in [1.82, 2.24) is 4.98 Å². The summed E-state index contributed by atoms with van der Waals surface area (Å²) in [4.78, 5) is 4.67. The standard InChI is InChI=1S/C27H20N2O4S/c1-30-25-12-19(7-9-23(25)31-15-18-5-3-2-4-6-18)11-21(14-28)27-29-22(16-34-27)20-8-10-24-26(13-20)33-17-32-24/h2-13,16H,15,17H2,1H3/b21-11-. The van der Waals surface area contributed by atoms with Crippen molar-refractivity contribution in [2.24, 2.45) is 0 Å². The van der Waals surface area contributed by atoms with E-state index in [0.29, 0.717) is 34.4 Å². The second-order valence-electron chi connectivity index (χ2n) is 7.46. The van der Waals surface area contributed by atoms with Crippen LogP contribution in [0.3, 0.4) is 0 Å². The van der Waals surface area contributed by atoms with Gasteiger partial charge in [-0.2, -0.15) is 5.26 Å². The van der Waals surface area contributed by atoms with Crippen LogP contribution in [0.4, 0.5) is 0 Å². The monoisotopic (exact) mass is 468 g/mol. The highest BCUT2D eigenvalue weighted by atomic mass is 32.1. The van der Waals surface area contributed by atoms with Gasteiger partial charge in [0.05, 0.1) is 18.4 Å². The molecule has 0 saturated heterocycles. The van der Waals surface area contributed by atoms with Gasteiger partial charge in [-0.05, 0) is 47.5 Å². The number of methoxy groups -OCH3 is 1. The number of ether oxygens (including phenoxy) is 4. The van der Waals surface area contributed by atoms with Crippen LogP contribution in [0, 0.1) is 11.3 Å². The lowest BCUT2D eigenvalue weighted by atomic mass is 10.1. The van der Waals surface area contributed by atoms with Crippen molar-refractivity contribution in [1.29, 1.82) is 5.26 Å². The molecule has 6 nitrogen and oxygen atoms in total. The molecule has 0 radical (unpaired) electrons. The minimum atomic E-state index is 0.224. The Kier molecular flexibility index (Phi) is 6.15. The maximum Gasteiger partial charge on any atom is 0.231 e. The summed E-state index contributed by atoms with van der Waals surface area (Å²) in [6, 6.07) is 23.5. The molecular formula is C27H20N2O4S. The fourth-order valence-corrected chi connectivity index (χ4v) is 4.32. The third kappa shape index (κ3) is 4.58. The van der Waals surface area contributed by atoms with Gasteiger partial charge in [-0.15, -0.1) is 11.3 Å². The van der Waals surface area contributed by atoms with Gasteiger partial charge in [-0.3, -0.25) is 0 Å². The minimum absolute atomic E-state index is 0.224. The highest BCUT2D eigenvalue weighted by Gasteiger charge is 2.16. The number of benzene rings is 3. The SMILES string of the molecule is COc1cc(/C=C(/C#N)c2nc(-c3ccc4c(c3)OCO4)cs2)ccc1OCc1ccccc1. The smallest absolute Gasteiger partial charge is 0.231 e. The molecule has 0 unspecified atom stereocenters. The predicted octanol–water partition coefficient (Wildman–Crippen LogP) is 6.19. The molecule has 0 spiro atoms. The number of rotatable bonds is 7. The first-order valence-electron chi connectivity index (χ1n) is 10.6. The quantitative estimate of drug-likeness (QED) is 0.301. The number of hydrogen-bond acceptors (Lipinski definition) is 7. The normalized spacial score (nSPS) is 12.3. The fraction of sp³-hybridized carbons (Fsp3) is 0.111. The maximum atomic E-state index is 9.79. The Hall–Kier alpha value is -4.28. The average Bonchev–Trinajstić information content (AvgIpc) is 3.56. The molecule has 0 aliphatic carbocycles. The highest BCUT2D eigenvalue weighted by Crippen LogP contribution is 2.37. The van der Waals surface area contributed by atoms with Crippen LogP contribution in [-0.2, 0) is 6.61 Å². The summed E-state index contributed by atoms with van der Waals surface area (Å²) in [5, 5.41) is 12.4. The molecule has 4 aromatic rings. The molecular weight excluding hydrogens is 448 g/mol. The van der Waals surface area contributed by atoms with Gasteiger partial charge in [-0.25, -0.2) is 4.98 Å². The Morgan fingerprint density at radius 3 is 2.74 bits per heavy atom. The molecule has 3 aromatic carbocycles. The van der Waals surface area contributed by atoms with E-state index in [4.69, 9.17) is 18.9 Å². The molecule has 0 N–H and O–H groups in total. The van der Waals surface area contributed by atoms with Crippen molar-refractivity contribution in [3.8, 4) is 40.3 Å². The van der Waals surface area contributed by atoms with E-state index in [1.807, 2.05) is 72.1 Å². The van der Waals surface area contributed by atoms with E-state index in [1.54, 1.807) is 13.2 Å². The van der Waals surface area contributed by atoms with Crippen LogP contribution in [0.1, 0.15) is 16.1 Å². The molecule has 0 bridgehead atoms. The number of hydrogen-bond donors (Lipinski definition) is 0. The first kappa shape index (κ1) is 21.6. The number of nitrogens with zero attached hydrogens (tertiary/aromatic N) is 2. The van der Waals surface area contributed by atoms with Gasteiger partial charge in [0.1, 0.15) is 17.7 Å². The molecule has 7 heteroatoms. The topological polar surface area (TPSA) is 73.6 Å². The highest BCUT2D eigenvalue weighted by molar-refractivity contribution is 7.11. The number of aromatic nitrogens is 1. The van der Waals surface area contributed by atoms with Crippen LogP contribution in [0.5, 0.6) is 23.0 Å². The van der Waals surface area contributed by atoms with Crippen molar-refractivity contribution in [3.63, 3.8) is 0 Å². The number of allylic oxidation sites excluding steroid dienone is 1. The van der Waals surface area contributed by atoms with Gasteiger partial charge in [0.25, 0.3) is 0 Å². The molecule has 0 fully saturated rings. The average molecular weight is 469 g/mol. The lowest BCUT2D eigenvalue weighted by Crippen LogP contribution is -1.97. The van der Waals surface area contributed by atoms with Crippen LogP contribution in [0.25, 0.3) is 22.9 Å². The summed E-state index contributed by atoms with van der Waals surface area (Å²) < 4.78 is 22.3. The van der Waals surface area contributed by atoms with E-state index in [2.05, 4.69) is 11.1 Å². The Morgan fingerprint density at radius 1 is 1.06 bits per heavy atom. The van der Waals surface area contributed by atoms with Gasteiger partial charge < -0.3 is 18.9 Å². The second-order valence-corrected chi connectivity index (χ2v) is 8.32. The van der Waals surface area contributed by atoms with Crippen LogP contribution >= 0.6 is 11.3 Å². The lowest BCUT2D eigenvalue weighted by Gasteiger charge is -2.11. The van der Waals surface area contributed by atoms with Crippen LogP contribution in [0.2, 0.25) is 0 Å². The summed E-state index contributed by atoms with van der Waals surface area (Å²) in [5.74, 6) is 2.66. The van der Waals surface area contributed by atoms with Crippen molar-refractivity contribution in [2.45, 2.75) is 6.61 Å². The van der Waals surface area contributed by atoms with Gasteiger partial charge in [0.15, 0.2) is 23.0 Å². The van der Waals surface area contributed by atoms with E-state index < -0.39 is 0 Å². The molecule has 0 atom stereocenters. The first-order valence-corrected chi connectivity index (χ1v) is 11.4. The number of thiazole rings is 1. The molecule has 168 valence electrons. The van der Waals surface area contributed by atoms with Gasteiger partial charge in [0, 0.05) is 10.9 Å². The van der Waals surface area contributed by atoms with Gasteiger partial charge in [0.2, 0.25) is 6.79 Å². The van der Waals surface area contributed by atoms with Crippen molar-refractivity contribution >= 4 is 23.0 Å². The maximum absolute atomic E-state index is 9.79. The summed E-state index contributed by atoms with van der Waals surface area (Å²) >= 11 is 1.42. The van der Waals surface area contributed by atoms with Crippen molar-refractivity contribution in [2.75, 3.05) is 13.9 Å². The zero-order valence-corrected chi connectivity index (χ0v) is 19.2. The zero-order chi connectivity index (χ0) is 23.3. The van der Waals surface area contributed by atoms with Crippen molar-refractivity contribution in [3.05, 3.63) is 88.2 Å².